The fourth-order valence-corrected chi connectivity index (χ4v) is 1.32. The van der Waals surface area contributed by atoms with Gasteiger partial charge < -0.3 is 5.32 Å². The van der Waals surface area contributed by atoms with Crippen molar-refractivity contribution in [2.75, 3.05) is 5.32 Å². The number of nitro benzene ring substituents is 1. The first-order valence-corrected chi connectivity index (χ1v) is 4.87. The summed E-state index contributed by atoms with van der Waals surface area (Å²) in [6.45, 7) is 3.81. The van der Waals surface area contributed by atoms with Crippen LogP contribution in [-0.2, 0) is 0 Å². The van der Waals surface area contributed by atoms with E-state index in [2.05, 4.69) is 17.0 Å². The van der Waals surface area contributed by atoms with Crippen molar-refractivity contribution in [2.45, 2.75) is 0 Å². The summed E-state index contributed by atoms with van der Waals surface area (Å²) >= 11 is 0. The first-order valence-electron chi connectivity index (χ1n) is 4.87. The zero-order valence-electron chi connectivity index (χ0n) is 8.91. The summed E-state index contributed by atoms with van der Waals surface area (Å²) in [5.74, 6) is 0.573. The van der Waals surface area contributed by atoms with Crippen molar-refractivity contribution >= 4 is 17.2 Å². The lowest BCUT2D eigenvalue weighted by atomic mass is 10.3. The van der Waals surface area contributed by atoms with Gasteiger partial charge in [-0.3, -0.25) is 10.1 Å². The van der Waals surface area contributed by atoms with Gasteiger partial charge in [-0.1, -0.05) is 6.58 Å². The Bertz CT molecular complexity index is 531. The molecule has 2 rings (SSSR count). The second-order valence-electron chi connectivity index (χ2n) is 3.33. The van der Waals surface area contributed by atoms with E-state index in [1.54, 1.807) is 35.3 Å². The Kier molecular flexibility index (Phi) is 2.87. The van der Waals surface area contributed by atoms with Gasteiger partial charge in [0.05, 0.1) is 4.92 Å². The van der Waals surface area contributed by atoms with Gasteiger partial charge in [0.15, 0.2) is 0 Å². The number of hydrogen-bond donors (Lipinski definition) is 1. The molecule has 0 saturated heterocycles. The molecular formula is C11H10N4O2. The number of hydrogen-bond acceptors (Lipinski definition) is 4. The number of aromatic nitrogens is 2. The van der Waals surface area contributed by atoms with Gasteiger partial charge in [-0.05, 0) is 18.2 Å². The Balaban J connectivity index is 2.09. The van der Waals surface area contributed by atoms with Gasteiger partial charge in [0.25, 0.3) is 5.69 Å². The van der Waals surface area contributed by atoms with Crippen LogP contribution in [0.3, 0.4) is 0 Å². The number of nitrogens with zero attached hydrogens (tertiary/aromatic N) is 3. The Morgan fingerprint density at radius 1 is 1.41 bits per heavy atom. The fourth-order valence-electron chi connectivity index (χ4n) is 1.32. The molecule has 0 unspecified atom stereocenters. The van der Waals surface area contributed by atoms with E-state index in [9.17, 15) is 10.1 Å². The number of rotatable bonds is 4. The third kappa shape index (κ3) is 2.49. The lowest BCUT2D eigenvalue weighted by molar-refractivity contribution is -0.384. The highest BCUT2D eigenvalue weighted by Crippen LogP contribution is 2.17. The molecule has 0 amide bonds. The monoisotopic (exact) mass is 230 g/mol. The van der Waals surface area contributed by atoms with Gasteiger partial charge in [-0.25, -0.2) is 4.68 Å². The molecule has 0 bridgehead atoms. The van der Waals surface area contributed by atoms with E-state index in [1.807, 2.05) is 0 Å². The molecule has 6 heteroatoms. The minimum Gasteiger partial charge on any atom is -0.341 e. The van der Waals surface area contributed by atoms with Crippen LogP contribution in [-0.4, -0.2) is 14.7 Å². The molecule has 6 nitrogen and oxygen atoms in total. The van der Waals surface area contributed by atoms with Crippen LogP contribution in [0, 0.1) is 10.1 Å². The maximum Gasteiger partial charge on any atom is 0.269 e. The summed E-state index contributed by atoms with van der Waals surface area (Å²) in [6.07, 6.45) is 3.39. The van der Waals surface area contributed by atoms with E-state index in [1.165, 1.54) is 12.1 Å². The van der Waals surface area contributed by atoms with E-state index in [0.29, 0.717) is 5.82 Å². The van der Waals surface area contributed by atoms with E-state index in [4.69, 9.17) is 0 Å². The van der Waals surface area contributed by atoms with Gasteiger partial charge in [0.1, 0.15) is 5.82 Å². The average molecular weight is 230 g/mol. The molecule has 1 aromatic carbocycles. The normalized spacial score (nSPS) is 9.88. The third-order valence-electron chi connectivity index (χ3n) is 2.15. The summed E-state index contributed by atoms with van der Waals surface area (Å²) in [4.78, 5) is 10.0. The zero-order valence-corrected chi connectivity index (χ0v) is 8.91. The van der Waals surface area contributed by atoms with Crippen molar-refractivity contribution in [1.82, 2.24) is 9.78 Å². The van der Waals surface area contributed by atoms with Gasteiger partial charge in [-0.2, -0.15) is 5.10 Å². The molecule has 1 aromatic heterocycles. The van der Waals surface area contributed by atoms with Gasteiger partial charge in [0, 0.05) is 30.2 Å². The quantitative estimate of drug-likeness (QED) is 0.646. The number of nitrogens with one attached hydrogen (secondary N) is 1. The highest BCUT2D eigenvalue weighted by Gasteiger charge is 2.04. The van der Waals surface area contributed by atoms with Crippen molar-refractivity contribution in [3.8, 4) is 0 Å². The summed E-state index contributed by atoms with van der Waals surface area (Å²) in [7, 11) is 0. The summed E-state index contributed by atoms with van der Waals surface area (Å²) in [5.41, 5.74) is 0.774. The van der Waals surface area contributed by atoms with Gasteiger partial charge in [0.2, 0.25) is 0 Å². The molecule has 86 valence electrons. The van der Waals surface area contributed by atoms with E-state index < -0.39 is 4.92 Å². The van der Waals surface area contributed by atoms with Crippen molar-refractivity contribution in [3.63, 3.8) is 0 Å². The highest BCUT2D eigenvalue weighted by atomic mass is 16.6. The van der Waals surface area contributed by atoms with Crippen LogP contribution in [0.1, 0.15) is 0 Å². The van der Waals surface area contributed by atoms with Crippen LogP contribution < -0.4 is 5.32 Å². The van der Waals surface area contributed by atoms with Crippen LogP contribution in [0.25, 0.3) is 5.82 Å². The van der Waals surface area contributed by atoms with Gasteiger partial charge >= 0.3 is 0 Å². The smallest absolute Gasteiger partial charge is 0.269 e. The predicted octanol–water partition coefficient (Wildman–Crippen LogP) is 2.33. The molecule has 0 atom stereocenters. The molecule has 0 aliphatic carbocycles. The number of nitro groups is 1. The second kappa shape index (κ2) is 4.48. The molecule has 1 N–H and O–H groups in total. The molecule has 0 aliphatic heterocycles. The van der Waals surface area contributed by atoms with Crippen molar-refractivity contribution in [3.05, 3.63) is 59.4 Å². The third-order valence-corrected chi connectivity index (χ3v) is 2.15. The number of benzene rings is 1. The summed E-state index contributed by atoms with van der Waals surface area (Å²) in [6, 6.07) is 7.87. The first-order chi connectivity index (χ1) is 8.16. The summed E-state index contributed by atoms with van der Waals surface area (Å²) in [5, 5.41) is 17.5. The average Bonchev–Trinajstić information content (AvgIpc) is 2.83. The van der Waals surface area contributed by atoms with Crippen molar-refractivity contribution in [2.24, 2.45) is 0 Å². The lowest BCUT2D eigenvalue weighted by Crippen LogP contribution is -2.05. The molecule has 0 aliphatic rings. The van der Waals surface area contributed by atoms with E-state index in [0.717, 1.165) is 5.69 Å². The van der Waals surface area contributed by atoms with Crippen LogP contribution in [0.15, 0.2) is 49.3 Å². The van der Waals surface area contributed by atoms with Crippen LogP contribution in [0.4, 0.5) is 11.4 Å². The highest BCUT2D eigenvalue weighted by molar-refractivity contribution is 5.63. The van der Waals surface area contributed by atoms with Crippen LogP contribution in [0.5, 0.6) is 0 Å². The Labute approximate surface area is 97.3 Å². The molecule has 0 radical (unpaired) electrons. The molecule has 0 spiro atoms. The summed E-state index contributed by atoms with van der Waals surface area (Å²) < 4.78 is 1.57. The molecule has 1 heterocycles. The molecule has 2 aromatic rings. The maximum atomic E-state index is 10.5. The molecule has 0 fully saturated rings. The second-order valence-corrected chi connectivity index (χ2v) is 3.33. The zero-order chi connectivity index (χ0) is 12.3. The number of non-ortho nitro benzene ring substituents is 1. The van der Waals surface area contributed by atoms with E-state index in [-0.39, 0.29) is 5.69 Å². The lowest BCUT2D eigenvalue weighted by Gasteiger charge is -2.08. The van der Waals surface area contributed by atoms with Crippen LogP contribution in [0.2, 0.25) is 0 Å². The predicted molar refractivity (Wildman–Crippen MR) is 64.3 cm³/mol. The van der Waals surface area contributed by atoms with E-state index >= 15 is 0 Å². The van der Waals surface area contributed by atoms with Crippen molar-refractivity contribution in [1.29, 1.82) is 0 Å². The largest absolute Gasteiger partial charge is 0.341 e. The van der Waals surface area contributed by atoms with Gasteiger partial charge in [-0.15, -0.1) is 0 Å². The fraction of sp³-hybridized carbons (Fsp3) is 0. The minimum absolute atomic E-state index is 0.0558. The Morgan fingerprint density at radius 3 is 2.65 bits per heavy atom. The van der Waals surface area contributed by atoms with Crippen molar-refractivity contribution < 1.29 is 4.92 Å². The van der Waals surface area contributed by atoms with Crippen LogP contribution >= 0.6 is 0 Å². The SMILES string of the molecule is C=C(Nc1ccc([N+](=O)[O-])cc1)n1cccn1. The Hall–Kier alpha value is -2.63. The Morgan fingerprint density at radius 2 is 2.12 bits per heavy atom. The topological polar surface area (TPSA) is 73.0 Å². The molecule has 17 heavy (non-hydrogen) atoms. The maximum absolute atomic E-state index is 10.5. The minimum atomic E-state index is -0.438. The standard InChI is InChI=1S/C11H10N4O2/c1-9(14-8-2-7-12-14)13-10-3-5-11(6-4-10)15(16)17/h2-8,13H,1H2. The first kappa shape index (κ1) is 10.9. The number of anilines is 1. The molecule has 0 saturated carbocycles. The molecular weight excluding hydrogens is 220 g/mol.